The van der Waals surface area contributed by atoms with Crippen molar-refractivity contribution >= 4 is 0 Å². The SMILES string of the molecule is CNCC(O)C1=CCCC=C1. The molecule has 0 amide bonds. The average Bonchev–Trinajstić information content (AvgIpc) is 2.07. The number of aliphatic hydroxyl groups is 1. The Hall–Kier alpha value is -0.600. The van der Waals surface area contributed by atoms with Crippen LogP contribution in [0, 0.1) is 0 Å². The second kappa shape index (κ2) is 4.31. The first-order chi connectivity index (χ1) is 5.34. The van der Waals surface area contributed by atoms with Crippen LogP contribution in [0.3, 0.4) is 0 Å². The molecule has 0 aliphatic heterocycles. The molecule has 1 atom stereocenters. The van der Waals surface area contributed by atoms with Crippen molar-refractivity contribution in [1.82, 2.24) is 5.32 Å². The minimum atomic E-state index is -0.337. The van der Waals surface area contributed by atoms with Gasteiger partial charge in [-0.25, -0.2) is 0 Å². The van der Waals surface area contributed by atoms with Gasteiger partial charge in [0.1, 0.15) is 0 Å². The van der Waals surface area contributed by atoms with Gasteiger partial charge >= 0.3 is 0 Å². The van der Waals surface area contributed by atoms with Gasteiger partial charge in [0.2, 0.25) is 0 Å². The molecule has 0 saturated carbocycles. The Balaban J connectivity index is 2.45. The minimum absolute atomic E-state index is 0.337. The second-order valence-corrected chi connectivity index (χ2v) is 2.76. The first kappa shape index (κ1) is 8.50. The molecule has 1 unspecified atom stereocenters. The summed E-state index contributed by atoms with van der Waals surface area (Å²) in [5.41, 5.74) is 1.05. The lowest BCUT2D eigenvalue weighted by molar-refractivity contribution is 0.213. The summed E-state index contributed by atoms with van der Waals surface area (Å²) in [6.07, 6.45) is 8.04. The summed E-state index contributed by atoms with van der Waals surface area (Å²) in [7, 11) is 1.84. The predicted molar refractivity (Wildman–Crippen MR) is 46.4 cm³/mol. The van der Waals surface area contributed by atoms with Gasteiger partial charge in [-0.2, -0.15) is 0 Å². The average molecular weight is 153 g/mol. The number of hydrogen-bond donors (Lipinski definition) is 2. The fourth-order valence-corrected chi connectivity index (χ4v) is 1.19. The molecule has 2 N–H and O–H groups in total. The van der Waals surface area contributed by atoms with Gasteiger partial charge in [0.15, 0.2) is 0 Å². The van der Waals surface area contributed by atoms with Crippen LogP contribution in [-0.4, -0.2) is 24.8 Å². The van der Waals surface area contributed by atoms with E-state index >= 15 is 0 Å². The molecule has 2 heteroatoms. The van der Waals surface area contributed by atoms with Crippen molar-refractivity contribution in [1.29, 1.82) is 0 Å². The largest absolute Gasteiger partial charge is 0.387 e. The van der Waals surface area contributed by atoms with Gasteiger partial charge in [0, 0.05) is 6.54 Å². The van der Waals surface area contributed by atoms with Crippen LogP contribution in [0.25, 0.3) is 0 Å². The normalized spacial score (nSPS) is 19.6. The van der Waals surface area contributed by atoms with Crippen LogP contribution in [0.5, 0.6) is 0 Å². The Morgan fingerprint density at radius 1 is 1.64 bits per heavy atom. The lowest BCUT2D eigenvalue weighted by atomic mass is 10.0. The van der Waals surface area contributed by atoms with Gasteiger partial charge in [-0.1, -0.05) is 18.2 Å². The summed E-state index contributed by atoms with van der Waals surface area (Å²) in [6, 6.07) is 0. The van der Waals surface area contributed by atoms with Crippen molar-refractivity contribution < 1.29 is 5.11 Å². The molecular weight excluding hydrogens is 138 g/mol. The van der Waals surface area contributed by atoms with Crippen LogP contribution in [0.15, 0.2) is 23.8 Å². The van der Waals surface area contributed by atoms with Gasteiger partial charge in [0.05, 0.1) is 6.10 Å². The molecule has 0 bridgehead atoms. The van der Waals surface area contributed by atoms with Gasteiger partial charge in [-0.3, -0.25) is 0 Å². The molecule has 0 aromatic heterocycles. The van der Waals surface area contributed by atoms with Crippen molar-refractivity contribution in [3.8, 4) is 0 Å². The van der Waals surface area contributed by atoms with Gasteiger partial charge < -0.3 is 10.4 Å². The van der Waals surface area contributed by atoms with E-state index in [0.29, 0.717) is 6.54 Å². The molecule has 1 rings (SSSR count). The number of aliphatic hydroxyl groups excluding tert-OH is 1. The molecule has 1 aliphatic rings. The molecule has 0 aromatic carbocycles. The summed E-state index contributed by atoms with van der Waals surface area (Å²) >= 11 is 0. The molecule has 11 heavy (non-hydrogen) atoms. The Morgan fingerprint density at radius 3 is 3.00 bits per heavy atom. The van der Waals surface area contributed by atoms with Gasteiger partial charge in [0.25, 0.3) is 0 Å². The summed E-state index contributed by atoms with van der Waals surface area (Å²) in [4.78, 5) is 0. The lowest BCUT2D eigenvalue weighted by Crippen LogP contribution is -2.25. The molecular formula is C9H15NO. The standard InChI is InChI=1S/C9H15NO/c1-10-7-9(11)8-5-3-2-4-6-8/h3,5-6,9-11H,2,4,7H2,1H3. The zero-order valence-electron chi connectivity index (χ0n) is 6.88. The Bertz CT molecular complexity index is 172. The zero-order chi connectivity index (χ0) is 8.10. The highest BCUT2D eigenvalue weighted by atomic mass is 16.3. The minimum Gasteiger partial charge on any atom is -0.387 e. The third kappa shape index (κ3) is 2.48. The number of rotatable bonds is 3. The summed E-state index contributed by atoms with van der Waals surface area (Å²) in [5, 5.41) is 12.4. The van der Waals surface area contributed by atoms with Gasteiger partial charge in [-0.05, 0) is 25.5 Å². The van der Waals surface area contributed by atoms with E-state index in [1.165, 1.54) is 0 Å². The highest BCUT2D eigenvalue weighted by molar-refractivity contribution is 5.26. The van der Waals surface area contributed by atoms with Crippen LogP contribution in [0.2, 0.25) is 0 Å². The van der Waals surface area contributed by atoms with Gasteiger partial charge in [-0.15, -0.1) is 0 Å². The highest BCUT2D eigenvalue weighted by Gasteiger charge is 2.07. The van der Waals surface area contributed by atoms with Crippen LogP contribution in [-0.2, 0) is 0 Å². The first-order valence-electron chi connectivity index (χ1n) is 4.04. The van der Waals surface area contributed by atoms with Crippen molar-refractivity contribution in [3.63, 3.8) is 0 Å². The van der Waals surface area contributed by atoms with E-state index in [4.69, 9.17) is 0 Å². The lowest BCUT2D eigenvalue weighted by Gasteiger charge is -2.13. The molecule has 2 nitrogen and oxygen atoms in total. The highest BCUT2D eigenvalue weighted by Crippen LogP contribution is 2.12. The number of allylic oxidation sites excluding steroid dienone is 2. The monoisotopic (exact) mass is 153 g/mol. The second-order valence-electron chi connectivity index (χ2n) is 2.76. The zero-order valence-corrected chi connectivity index (χ0v) is 6.88. The van der Waals surface area contributed by atoms with Crippen molar-refractivity contribution in [2.24, 2.45) is 0 Å². The Kier molecular flexibility index (Phi) is 3.33. The molecule has 0 heterocycles. The van der Waals surface area contributed by atoms with E-state index in [-0.39, 0.29) is 6.10 Å². The Morgan fingerprint density at radius 2 is 2.45 bits per heavy atom. The van der Waals surface area contributed by atoms with Crippen LogP contribution >= 0.6 is 0 Å². The van der Waals surface area contributed by atoms with Crippen molar-refractivity contribution in [3.05, 3.63) is 23.8 Å². The van der Waals surface area contributed by atoms with Crippen molar-refractivity contribution in [2.45, 2.75) is 18.9 Å². The molecule has 0 radical (unpaired) electrons. The molecule has 62 valence electrons. The topological polar surface area (TPSA) is 32.3 Å². The fourth-order valence-electron chi connectivity index (χ4n) is 1.19. The van der Waals surface area contributed by atoms with Crippen LogP contribution in [0.4, 0.5) is 0 Å². The quantitative estimate of drug-likeness (QED) is 0.630. The van der Waals surface area contributed by atoms with Crippen LogP contribution in [0.1, 0.15) is 12.8 Å². The summed E-state index contributed by atoms with van der Waals surface area (Å²) in [6.45, 7) is 0.635. The number of hydrogen-bond acceptors (Lipinski definition) is 2. The molecule has 0 fully saturated rings. The smallest absolute Gasteiger partial charge is 0.0911 e. The van der Waals surface area contributed by atoms with Crippen molar-refractivity contribution in [2.75, 3.05) is 13.6 Å². The molecule has 0 saturated heterocycles. The number of nitrogens with one attached hydrogen (secondary N) is 1. The molecule has 1 aliphatic carbocycles. The van der Waals surface area contributed by atoms with E-state index in [1.54, 1.807) is 0 Å². The van der Waals surface area contributed by atoms with E-state index < -0.39 is 0 Å². The predicted octanol–water partition coefficient (Wildman–Crippen LogP) is 0.843. The third-order valence-corrected chi connectivity index (χ3v) is 1.81. The third-order valence-electron chi connectivity index (χ3n) is 1.81. The maximum Gasteiger partial charge on any atom is 0.0911 e. The maximum absolute atomic E-state index is 9.49. The summed E-state index contributed by atoms with van der Waals surface area (Å²) in [5.74, 6) is 0. The van der Waals surface area contributed by atoms with E-state index in [2.05, 4.69) is 17.5 Å². The fraction of sp³-hybridized carbons (Fsp3) is 0.556. The first-order valence-corrected chi connectivity index (χ1v) is 4.04. The van der Waals surface area contributed by atoms with E-state index in [1.807, 2.05) is 13.1 Å². The molecule has 0 aromatic rings. The van der Waals surface area contributed by atoms with E-state index in [0.717, 1.165) is 18.4 Å². The maximum atomic E-state index is 9.49. The number of likely N-dealkylation sites (N-methyl/N-ethyl adjacent to an activating group) is 1. The van der Waals surface area contributed by atoms with E-state index in [9.17, 15) is 5.11 Å². The summed E-state index contributed by atoms with van der Waals surface area (Å²) < 4.78 is 0. The molecule has 0 spiro atoms. The van der Waals surface area contributed by atoms with Crippen LogP contribution < -0.4 is 5.32 Å². The Labute approximate surface area is 67.6 Å².